The molecule has 0 aromatic heterocycles. The Kier molecular flexibility index (Phi) is 7.51. The van der Waals surface area contributed by atoms with Crippen LogP contribution in [0, 0.1) is 12.3 Å². The van der Waals surface area contributed by atoms with Crippen LogP contribution in [0.3, 0.4) is 0 Å². The minimum Gasteiger partial charge on any atom is -0.492 e. The number of carbonyl (C=O) groups excluding carboxylic acids is 4. The smallest absolute Gasteiger partial charge is 0.410 e. The number of ether oxygens (including phenoxy) is 2. The number of rotatable bonds is 6. The molecule has 1 saturated heterocycles. The summed E-state index contributed by atoms with van der Waals surface area (Å²) in [5.74, 6) is -0.0928. The van der Waals surface area contributed by atoms with Crippen molar-refractivity contribution >= 4 is 23.7 Å². The fraction of sp³-hybridized carbons (Fsp3) is 0.667. The Balaban J connectivity index is 1.53. The Labute approximate surface area is 231 Å². The summed E-state index contributed by atoms with van der Waals surface area (Å²) in [7, 11) is 0. The molecule has 0 bridgehead atoms. The maximum Gasteiger partial charge on any atom is 0.410 e. The third-order valence-electron chi connectivity index (χ3n) is 7.94. The van der Waals surface area contributed by atoms with Gasteiger partial charge in [0.05, 0.1) is 18.7 Å². The van der Waals surface area contributed by atoms with Crippen molar-refractivity contribution in [2.45, 2.75) is 104 Å². The van der Waals surface area contributed by atoms with Crippen molar-refractivity contribution in [3.8, 4) is 5.75 Å². The van der Waals surface area contributed by atoms with Gasteiger partial charge in [-0.3, -0.25) is 14.4 Å². The number of nitrogens with zero attached hydrogens (tertiary/aromatic N) is 2. The van der Waals surface area contributed by atoms with E-state index in [4.69, 9.17) is 15.2 Å². The highest BCUT2D eigenvalue weighted by Gasteiger charge is 2.48. The molecule has 1 fully saturated rings. The normalized spacial score (nSPS) is 19.0. The molecule has 3 aliphatic heterocycles. The molecule has 1 spiro atoms. The van der Waals surface area contributed by atoms with Crippen LogP contribution in [0.4, 0.5) is 4.79 Å². The molecule has 9 heteroatoms. The zero-order valence-electron chi connectivity index (χ0n) is 24.4. The fourth-order valence-electron chi connectivity index (χ4n) is 6.09. The monoisotopic (exact) mass is 541 g/mol. The van der Waals surface area contributed by atoms with Gasteiger partial charge in [-0.2, -0.15) is 0 Å². The lowest BCUT2D eigenvalue weighted by atomic mass is 9.73. The first-order valence-corrected chi connectivity index (χ1v) is 13.9. The van der Waals surface area contributed by atoms with Crippen LogP contribution in [-0.2, 0) is 26.3 Å². The number of benzene rings is 1. The number of aryl methyl sites for hydroxylation is 1. The number of Topliss-reactive ketones (excluding diaryl/α,β-unsaturated/α-hetero) is 1. The summed E-state index contributed by atoms with van der Waals surface area (Å²) in [5.41, 5.74) is 8.06. The predicted octanol–water partition coefficient (Wildman–Crippen LogP) is 4.25. The second-order valence-corrected chi connectivity index (χ2v) is 13.6. The van der Waals surface area contributed by atoms with Gasteiger partial charge < -0.3 is 25.0 Å². The SMILES string of the molecule is Cc1cc2c(c3c1C(=O)N([C@@H](CCC(=O)CC(C)(C)C)C(N)=O)C3)OCC21CCN(C(=O)OC(C)(C)C)CC1. The molecule has 4 rings (SSSR count). The van der Waals surface area contributed by atoms with E-state index in [1.54, 1.807) is 4.90 Å². The number of hydrogen-bond donors (Lipinski definition) is 1. The number of ketones is 1. The Hall–Kier alpha value is -3.10. The van der Waals surface area contributed by atoms with Crippen molar-refractivity contribution in [3.63, 3.8) is 0 Å². The van der Waals surface area contributed by atoms with Gasteiger partial charge >= 0.3 is 6.09 Å². The molecular formula is C30H43N3O6. The summed E-state index contributed by atoms with van der Waals surface area (Å²) in [4.78, 5) is 54.4. The highest BCUT2D eigenvalue weighted by atomic mass is 16.6. The standard InChI is InChI=1S/C30H43N3O6/c1-18-14-21-24(38-17-30(21)10-12-32(13-11-30)27(37)39-29(5,6)7)20-16-33(26(36)23(18)20)22(25(31)35)9-8-19(34)15-28(2,3)4/h14,22H,8-13,15-17H2,1-7H3,(H2,31,35)/t22-/m0/s1. The number of primary amides is 1. The van der Waals surface area contributed by atoms with Crippen molar-refractivity contribution in [2.24, 2.45) is 11.1 Å². The fourth-order valence-corrected chi connectivity index (χ4v) is 6.09. The molecule has 2 N–H and O–H groups in total. The van der Waals surface area contributed by atoms with Crippen LogP contribution in [0.25, 0.3) is 0 Å². The largest absolute Gasteiger partial charge is 0.492 e. The third-order valence-corrected chi connectivity index (χ3v) is 7.94. The van der Waals surface area contributed by atoms with Crippen LogP contribution < -0.4 is 10.5 Å². The van der Waals surface area contributed by atoms with Crippen molar-refractivity contribution in [1.82, 2.24) is 9.80 Å². The lowest BCUT2D eigenvalue weighted by molar-refractivity contribution is -0.124. The first kappa shape index (κ1) is 28.9. The molecule has 3 aliphatic rings. The molecule has 1 aromatic carbocycles. The van der Waals surface area contributed by atoms with E-state index in [2.05, 4.69) is 0 Å². The number of piperidine rings is 1. The molecular weight excluding hydrogens is 498 g/mol. The average Bonchev–Trinajstić information content (AvgIpc) is 3.31. The first-order valence-electron chi connectivity index (χ1n) is 13.9. The number of likely N-dealkylation sites (tertiary alicyclic amines) is 1. The summed E-state index contributed by atoms with van der Waals surface area (Å²) >= 11 is 0. The molecule has 214 valence electrons. The van der Waals surface area contributed by atoms with Gasteiger partial charge in [0.15, 0.2) is 0 Å². The van der Waals surface area contributed by atoms with Crippen LogP contribution in [0.15, 0.2) is 6.07 Å². The van der Waals surface area contributed by atoms with E-state index >= 15 is 0 Å². The quantitative estimate of drug-likeness (QED) is 0.575. The summed E-state index contributed by atoms with van der Waals surface area (Å²) in [6, 6.07) is 1.17. The molecule has 39 heavy (non-hydrogen) atoms. The van der Waals surface area contributed by atoms with Crippen LogP contribution in [0.1, 0.15) is 101 Å². The molecule has 0 radical (unpaired) electrons. The van der Waals surface area contributed by atoms with Gasteiger partial charge in [0.25, 0.3) is 5.91 Å². The van der Waals surface area contributed by atoms with E-state index in [-0.39, 0.29) is 48.0 Å². The Bertz CT molecular complexity index is 1180. The maximum atomic E-state index is 13.6. The predicted molar refractivity (Wildman–Crippen MR) is 147 cm³/mol. The molecule has 0 unspecified atom stereocenters. The van der Waals surface area contributed by atoms with E-state index in [0.717, 1.165) is 29.5 Å². The van der Waals surface area contributed by atoms with Gasteiger partial charge in [0.2, 0.25) is 5.91 Å². The average molecular weight is 542 g/mol. The van der Waals surface area contributed by atoms with Crippen LogP contribution in [0.2, 0.25) is 0 Å². The number of carbonyl (C=O) groups is 4. The van der Waals surface area contributed by atoms with E-state index in [0.29, 0.717) is 37.4 Å². The zero-order valence-corrected chi connectivity index (χ0v) is 24.4. The number of amides is 3. The van der Waals surface area contributed by atoms with Crippen LogP contribution >= 0.6 is 0 Å². The second kappa shape index (κ2) is 10.1. The highest BCUT2D eigenvalue weighted by molar-refractivity contribution is 6.03. The topological polar surface area (TPSA) is 119 Å². The molecule has 0 saturated carbocycles. The molecule has 1 aromatic rings. The van der Waals surface area contributed by atoms with E-state index in [1.807, 2.05) is 54.5 Å². The van der Waals surface area contributed by atoms with Crippen molar-refractivity contribution in [2.75, 3.05) is 19.7 Å². The van der Waals surface area contributed by atoms with Gasteiger partial charge in [-0.15, -0.1) is 0 Å². The number of nitrogens with two attached hydrogens (primary N) is 1. The zero-order chi connectivity index (χ0) is 28.9. The third kappa shape index (κ3) is 5.92. The Morgan fingerprint density at radius 3 is 2.33 bits per heavy atom. The van der Waals surface area contributed by atoms with Gasteiger partial charge in [0.1, 0.15) is 23.2 Å². The van der Waals surface area contributed by atoms with Gasteiger partial charge in [0, 0.05) is 42.5 Å². The van der Waals surface area contributed by atoms with Crippen molar-refractivity contribution < 1.29 is 28.7 Å². The summed E-state index contributed by atoms with van der Waals surface area (Å²) in [5, 5.41) is 0. The lowest BCUT2D eigenvalue weighted by Gasteiger charge is -2.39. The lowest BCUT2D eigenvalue weighted by Crippen LogP contribution is -2.47. The summed E-state index contributed by atoms with van der Waals surface area (Å²) in [6.07, 6.45) is 1.96. The van der Waals surface area contributed by atoms with E-state index < -0.39 is 17.6 Å². The Morgan fingerprint density at radius 2 is 1.77 bits per heavy atom. The number of fused-ring (bicyclic) bond motifs is 4. The Morgan fingerprint density at radius 1 is 1.13 bits per heavy atom. The minimum atomic E-state index is -0.865. The van der Waals surface area contributed by atoms with E-state index in [9.17, 15) is 19.2 Å². The summed E-state index contributed by atoms with van der Waals surface area (Å²) < 4.78 is 11.8. The second-order valence-electron chi connectivity index (χ2n) is 13.6. The molecule has 3 heterocycles. The molecule has 9 nitrogen and oxygen atoms in total. The highest BCUT2D eigenvalue weighted by Crippen LogP contribution is 2.50. The first-order chi connectivity index (χ1) is 18.0. The molecule has 1 atom stereocenters. The molecule has 0 aliphatic carbocycles. The molecule has 3 amide bonds. The maximum absolute atomic E-state index is 13.6. The van der Waals surface area contributed by atoms with Gasteiger partial charge in [-0.1, -0.05) is 26.8 Å². The minimum absolute atomic E-state index is 0.0537. The summed E-state index contributed by atoms with van der Waals surface area (Å²) in [6.45, 7) is 15.3. The van der Waals surface area contributed by atoms with Crippen molar-refractivity contribution in [1.29, 1.82) is 0 Å². The van der Waals surface area contributed by atoms with Crippen LogP contribution in [-0.4, -0.2) is 64.8 Å². The van der Waals surface area contributed by atoms with Gasteiger partial charge in [-0.05, 0) is 57.9 Å². The van der Waals surface area contributed by atoms with Crippen molar-refractivity contribution in [3.05, 3.63) is 28.3 Å². The van der Waals surface area contributed by atoms with Gasteiger partial charge in [-0.25, -0.2) is 4.79 Å². The van der Waals surface area contributed by atoms with E-state index in [1.165, 1.54) is 4.90 Å². The van der Waals surface area contributed by atoms with Crippen LogP contribution in [0.5, 0.6) is 5.75 Å². The number of hydrogen-bond acceptors (Lipinski definition) is 6.